The maximum atomic E-state index is 12.9. The Balaban J connectivity index is 2.04. The summed E-state index contributed by atoms with van der Waals surface area (Å²) in [6.45, 7) is 9.54. The van der Waals surface area contributed by atoms with Crippen molar-refractivity contribution in [2.45, 2.75) is 56.8 Å². The van der Waals surface area contributed by atoms with E-state index in [1.807, 2.05) is 0 Å². The number of amides is 1. The van der Waals surface area contributed by atoms with Gasteiger partial charge >= 0.3 is 5.97 Å². The van der Waals surface area contributed by atoms with Crippen LogP contribution in [0.2, 0.25) is 0 Å². The second-order valence-corrected chi connectivity index (χ2v) is 10.7. The molecule has 0 aromatic carbocycles. The summed E-state index contributed by atoms with van der Waals surface area (Å²) in [6, 6.07) is 0. The molecule has 28 heavy (non-hydrogen) atoms. The third-order valence-corrected chi connectivity index (χ3v) is 7.27. The molecule has 1 amide bonds. The van der Waals surface area contributed by atoms with E-state index in [-0.39, 0.29) is 25.6 Å². The number of hydrogen-bond donors (Lipinski definition) is 1. The minimum Gasteiger partial charge on any atom is -0.460 e. The maximum Gasteiger partial charge on any atom is 0.307 e. The Kier molecular flexibility index (Phi) is 6.62. The molecule has 2 rings (SSSR count). The van der Waals surface area contributed by atoms with E-state index in [1.165, 1.54) is 7.11 Å². The molecule has 8 nitrogen and oxygen atoms in total. The first-order chi connectivity index (χ1) is 12.9. The quantitative estimate of drug-likeness (QED) is 0.309. The highest BCUT2D eigenvalue weighted by Gasteiger charge is 2.63. The Bertz CT molecular complexity index is 721. The first-order valence-electron chi connectivity index (χ1n) is 9.39. The zero-order chi connectivity index (χ0) is 21.2. The molecule has 0 aliphatic heterocycles. The van der Waals surface area contributed by atoms with Crippen molar-refractivity contribution in [1.82, 2.24) is 4.72 Å². The van der Waals surface area contributed by atoms with E-state index < -0.39 is 37.7 Å². The predicted octanol–water partition coefficient (Wildman–Crippen LogP) is 1.55. The predicted molar refractivity (Wildman–Crippen MR) is 103 cm³/mol. The third kappa shape index (κ3) is 5.12. The summed E-state index contributed by atoms with van der Waals surface area (Å²) in [7, 11) is -2.40. The second kappa shape index (κ2) is 8.12. The SMILES string of the molecule is C=CC1C[C@]1(CC(=O)OC(C)(C)C)C(=O)NS(=O)(=O)C1(COCCOC)CC1. The van der Waals surface area contributed by atoms with Gasteiger partial charge in [-0.1, -0.05) is 6.08 Å². The standard InChI is InChI=1S/C19H31NO7S/c1-6-14-11-19(14,12-15(21)27-17(2,3)4)16(22)20-28(23,24)18(7-8-18)13-26-10-9-25-5/h6,14H,1,7-13H2,2-5H3,(H,20,22)/t14?,19-/m1/s1. The molecule has 1 unspecified atom stereocenters. The van der Waals surface area contributed by atoms with Crippen molar-refractivity contribution < 1.29 is 32.2 Å². The molecule has 160 valence electrons. The van der Waals surface area contributed by atoms with Crippen LogP contribution in [0, 0.1) is 11.3 Å². The maximum absolute atomic E-state index is 12.9. The average Bonchev–Trinajstić information content (AvgIpc) is 3.45. The van der Waals surface area contributed by atoms with Gasteiger partial charge in [-0.25, -0.2) is 8.42 Å². The van der Waals surface area contributed by atoms with E-state index >= 15 is 0 Å². The summed E-state index contributed by atoms with van der Waals surface area (Å²) in [4.78, 5) is 25.1. The number of rotatable bonds is 11. The summed E-state index contributed by atoms with van der Waals surface area (Å²) < 4.78 is 42.3. The highest BCUT2D eigenvalue weighted by Crippen LogP contribution is 2.57. The minimum absolute atomic E-state index is 0.00290. The molecule has 2 aliphatic carbocycles. The van der Waals surface area contributed by atoms with Gasteiger partial charge in [0.1, 0.15) is 10.3 Å². The summed E-state index contributed by atoms with van der Waals surface area (Å²) in [5.74, 6) is -1.47. The summed E-state index contributed by atoms with van der Waals surface area (Å²) in [6.07, 6.45) is 2.62. The van der Waals surface area contributed by atoms with Crippen LogP contribution in [0.25, 0.3) is 0 Å². The zero-order valence-electron chi connectivity index (χ0n) is 17.1. The van der Waals surface area contributed by atoms with Gasteiger partial charge in [-0.2, -0.15) is 0 Å². The van der Waals surface area contributed by atoms with Crippen LogP contribution in [-0.2, 0) is 33.8 Å². The molecule has 0 radical (unpaired) electrons. The summed E-state index contributed by atoms with van der Waals surface area (Å²) in [5.41, 5.74) is -1.80. The number of carbonyl (C=O) groups is 2. The van der Waals surface area contributed by atoms with E-state index in [2.05, 4.69) is 11.3 Å². The fraction of sp³-hybridized carbons (Fsp3) is 0.789. The Hall–Kier alpha value is -1.45. The summed E-state index contributed by atoms with van der Waals surface area (Å²) >= 11 is 0. The lowest BCUT2D eigenvalue weighted by Gasteiger charge is -2.23. The lowest BCUT2D eigenvalue weighted by Crippen LogP contribution is -2.46. The first kappa shape index (κ1) is 22.8. The van der Waals surface area contributed by atoms with Gasteiger partial charge in [0.25, 0.3) is 0 Å². The minimum atomic E-state index is -3.93. The van der Waals surface area contributed by atoms with Crippen LogP contribution in [0.5, 0.6) is 0 Å². The highest BCUT2D eigenvalue weighted by molar-refractivity contribution is 7.91. The van der Waals surface area contributed by atoms with Gasteiger partial charge in [0, 0.05) is 7.11 Å². The van der Waals surface area contributed by atoms with Crippen LogP contribution in [0.1, 0.15) is 46.5 Å². The number of methoxy groups -OCH3 is 1. The molecule has 0 bridgehead atoms. The van der Waals surface area contributed by atoms with Crippen molar-refractivity contribution in [3.63, 3.8) is 0 Å². The smallest absolute Gasteiger partial charge is 0.307 e. The van der Waals surface area contributed by atoms with E-state index in [0.29, 0.717) is 25.9 Å². The molecule has 2 saturated carbocycles. The van der Waals surface area contributed by atoms with Crippen molar-refractivity contribution in [1.29, 1.82) is 0 Å². The first-order valence-corrected chi connectivity index (χ1v) is 10.9. The van der Waals surface area contributed by atoms with Crippen molar-refractivity contribution in [2.24, 2.45) is 11.3 Å². The van der Waals surface area contributed by atoms with Crippen molar-refractivity contribution in [3.8, 4) is 0 Å². The number of sulfonamides is 1. The van der Waals surface area contributed by atoms with Gasteiger partial charge in [-0.05, 0) is 46.0 Å². The Morgan fingerprint density at radius 3 is 2.36 bits per heavy atom. The van der Waals surface area contributed by atoms with Crippen molar-refractivity contribution in [3.05, 3.63) is 12.7 Å². The van der Waals surface area contributed by atoms with Gasteiger partial charge < -0.3 is 14.2 Å². The van der Waals surface area contributed by atoms with Crippen molar-refractivity contribution in [2.75, 3.05) is 26.9 Å². The third-order valence-electron chi connectivity index (χ3n) is 5.15. The van der Waals surface area contributed by atoms with Crippen molar-refractivity contribution >= 4 is 21.9 Å². The molecule has 2 fully saturated rings. The number of ether oxygens (including phenoxy) is 3. The molecule has 0 heterocycles. The lowest BCUT2D eigenvalue weighted by molar-refractivity contribution is -0.158. The van der Waals surface area contributed by atoms with Gasteiger partial charge in [0.15, 0.2) is 0 Å². The molecule has 0 saturated heterocycles. The number of hydrogen-bond acceptors (Lipinski definition) is 7. The lowest BCUT2D eigenvalue weighted by atomic mass is 9.98. The second-order valence-electron chi connectivity index (χ2n) is 8.63. The molecular weight excluding hydrogens is 386 g/mol. The fourth-order valence-corrected chi connectivity index (χ4v) is 4.73. The summed E-state index contributed by atoms with van der Waals surface area (Å²) in [5, 5.41) is 0. The number of nitrogens with one attached hydrogen (secondary N) is 1. The van der Waals surface area contributed by atoms with Gasteiger partial charge in [-0.3, -0.25) is 14.3 Å². The average molecular weight is 418 g/mol. The van der Waals surface area contributed by atoms with E-state index in [0.717, 1.165) is 0 Å². The molecule has 2 atom stereocenters. The van der Waals surface area contributed by atoms with E-state index in [1.54, 1.807) is 26.8 Å². The number of allylic oxidation sites excluding steroid dienone is 1. The fourth-order valence-electron chi connectivity index (χ4n) is 3.18. The van der Waals surface area contributed by atoms with E-state index in [4.69, 9.17) is 14.2 Å². The molecule has 0 aromatic heterocycles. The van der Waals surface area contributed by atoms with Crippen LogP contribution in [-0.4, -0.2) is 57.6 Å². The zero-order valence-corrected chi connectivity index (χ0v) is 17.9. The number of esters is 1. The van der Waals surface area contributed by atoms with Gasteiger partial charge in [0.2, 0.25) is 15.9 Å². The highest BCUT2D eigenvalue weighted by atomic mass is 32.2. The Morgan fingerprint density at radius 1 is 1.25 bits per heavy atom. The van der Waals surface area contributed by atoms with Crippen LogP contribution < -0.4 is 4.72 Å². The van der Waals surface area contributed by atoms with Gasteiger partial charge in [-0.15, -0.1) is 6.58 Å². The van der Waals surface area contributed by atoms with Gasteiger partial charge in [0.05, 0.1) is 31.7 Å². The monoisotopic (exact) mass is 417 g/mol. The topological polar surface area (TPSA) is 108 Å². The molecule has 9 heteroatoms. The van der Waals surface area contributed by atoms with Crippen LogP contribution >= 0.6 is 0 Å². The Labute approximate surface area is 167 Å². The van der Waals surface area contributed by atoms with Crippen LogP contribution in [0.15, 0.2) is 12.7 Å². The normalized spacial score (nSPS) is 25.6. The Morgan fingerprint density at radius 2 is 1.89 bits per heavy atom. The van der Waals surface area contributed by atoms with Crippen LogP contribution in [0.4, 0.5) is 0 Å². The number of carbonyl (C=O) groups excluding carboxylic acids is 2. The molecule has 2 aliphatic rings. The largest absolute Gasteiger partial charge is 0.460 e. The molecule has 0 aromatic rings. The van der Waals surface area contributed by atoms with E-state index in [9.17, 15) is 18.0 Å². The molecular formula is C19H31NO7S. The molecule has 0 spiro atoms. The van der Waals surface area contributed by atoms with Crippen LogP contribution in [0.3, 0.4) is 0 Å². The molecule has 1 N–H and O–H groups in total.